The van der Waals surface area contributed by atoms with Gasteiger partial charge in [0.1, 0.15) is 12.0 Å². The van der Waals surface area contributed by atoms with E-state index in [0.29, 0.717) is 12.4 Å². The number of rotatable bonds is 5. The molecule has 0 amide bonds. The minimum atomic E-state index is -2.77. The fraction of sp³-hybridized carbons (Fsp3) is 0.455. The van der Waals surface area contributed by atoms with Crippen LogP contribution in [0.15, 0.2) is 30.3 Å². The highest BCUT2D eigenvalue weighted by molar-refractivity contribution is 8.09. The maximum absolute atomic E-state index is 5.86. The van der Waals surface area contributed by atoms with Crippen LogP contribution in [0.2, 0.25) is 0 Å². The van der Waals surface area contributed by atoms with Gasteiger partial charge >= 0.3 is 6.64 Å². The highest BCUT2D eigenvalue weighted by Crippen LogP contribution is 2.41. The molecule has 7 heteroatoms. The molecular formula is C11H17N2O3PS. The van der Waals surface area contributed by atoms with Crippen molar-refractivity contribution >= 4 is 18.4 Å². The van der Waals surface area contributed by atoms with Crippen LogP contribution in [0.4, 0.5) is 0 Å². The molecule has 5 nitrogen and oxygen atoms in total. The highest BCUT2D eigenvalue weighted by Gasteiger charge is 2.25. The average Bonchev–Trinajstić information content (AvgIpc) is 2.74. The molecule has 0 aliphatic carbocycles. The lowest BCUT2D eigenvalue weighted by molar-refractivity contribution is 0.0216. The Morgan fingerprint density at radius 2 is 2.06 bits per heavy atom. The summed E-state index contributed by atoms with van der Waals surface area (Å²) >= 11 is 5.15. The highest BCUT2D eigenvalue weighted by atomic mass is 32.5. The van der Waals surface area contributed by atoms with Crippen molar-refractivity contribution in [3.63, 3.8) is 0 Å². The van der Waals surface area contributed by atoms with Crippen LogP contribution in [0.3, 0.4) is 0 Å². The van der Waals surface area contributed by atoms with Gasteiger partial charge in [0.2, 0.25) is 0 Å². The van der Waals surface area contributed by atoms with E-state index in [1.54, 1.807) is 12.1 Å². The second-order valence-electron chi connectivity index (χ2n) is 4.11. The molecule has 0 aromatic heterocycles. The van der Waals surface area contributed by atoms with Crippen molar-refractivity contribution in [3.05, 3.63) is 30.3 Å². The Labute approximate surface area is 112 Å². The number of ether oxygens (including phenoxy) is 1. The summed E-state index contributed by atoms with van der Waals surface area (Å²) in [6.45, 7) is -2.45. The molecule has 100 valence electrons. The lowest BCUT2D eigenvalue weighted by Crippen LogP contribution is -2.23. The molecule has 0 saturated carbocycles. The second kappa shape index (κ2) is 6.10. The van der Waals surface area contributed by atoms with Gasteiger partial charge in [-0.3, -0.25) is 0 Å². The Bertz CT molecular complexity index is 432. The summed E-state index contributed by atoms with van der Waals surface area (Å²) in [6, 6.07) is 9.17. The molecule has 18 heavy (non-hydrogen) atoms. The summed E-state index contributed by atoms with van der Waals surface area (Å²) in [5.74, 6) is 0.618. The van der Waals surface area contributed by atoms with Crippen molar-refractivity contribution in [2.45, 2.75) is 25.2 Å². The van der Waals surface area contributed by atoms with E-state index in [-0.39, 0.29) is 12.3 Å². The van der Waals surface area contributed by atoms with E-state index >= 15 is 0 Å². The van der Waals surface area contributed by atoms with E-state index in [2.05, 4.69) is 0 Å². The van der Waals surface area contributed by atoms with E-state index in [1.165, 1.54) is 0 Å². The van der Waals surface area contributed by atoms with E-state index in [1.807, 2.05) is 18.2 Å². The van der Waals surface area contributed by atoms with Crippen LogP contribution < -0.4 is 15.8 Å². The van der Waals surface area contributed by atoms with E-state index in [9.17, 15) is 0 Å². The lowest BCUT2D eigenvalue weighted by atomic mass is 10.2. The number of benzene rings is 1. The Kier molecular flexibility index (Phi) is 4.72. The van der Waals surface area contributed by atoms with Gasteiger partial charge < -0.3 is 19.5 Å². The molecule has 0 spiro atoms. The number of para-hydroxylation sites is 1. The summed E-state index contributed by atoms with van der Waals surface area (Å²) < 4.78 is 16.4. The van der Waals surface area contributed by atoms with Gasteiger partial charge in [-0.2, -0.15) is 0 Å². The Balaban J connectivity index is 1.82. The molecule has 1 heterocycles. The van der Waals surface area contributed by atoms with Crippen LogP contribution >= 0.6 is 6.64 Å². The Morgan fingerprint density at radius 3 is 2.67 bits per heavy atom. The fourth-order valence-corrected chi connectivity index (χ4v) is 2.98. The van der Waals surface area contributed by atoms with Gasteiger partial charge in [-0.25, -0.2) is 5.50 Å². The first-order chi connectivity index (χ1) is 8.55. The van der Waals surface area contributed by atoms with Crippen LogP contribution in [-0.2, 0) is 21.1 Å². The van der Waals surface area contributed by atoms with Gasteiger partial charge in [-0.1, -0.05) is 18.2 Å². The summed E-state index contributed by atoms with van der Waals surface area (Å²) in [7, 11) is 0. The lowest BCUT2D eigenvalue weighted by Gasteiger charge is -2.20. The molecule has 1 aromatic carbocycles. The maximum atomic E-state index is 5.86. The van der Waals surface area contributed by atoms with Crippen LogP contribution in [0, 0.1) is 0 Å². The predicted octanol–water partition coefficient (Wildman–Crippen LogP) is 1.73. The van der Waals surface area contributed by atoms with Gasteiger partial charge in [0.15, 0.2) is 0 Å². The summed E-state index contributed by atoms with van der Waals surface area (Å²) in [4.78, 5) is 0. The van der Waals surface area contributed by atoms with E-state index in [0.717, 1.165) is 12.8 Å². The molecule has 0 radical (unpaired) electrons. The van der Waals surface area contributed by atoms with Gasteiger partial charge in [-0.05, 0) is 36.8 Å². The van der Waals surface area contributed by atoms with Crippen molar-refractivity contribution in [2.75, 3.05) is 6.61 Å². The maximum Gasteiger partial charge on any atom is 0.310 e. The molecule has 1 saturated heterocycles. The average molecular weight is 288 g/mol. The van der Waals surface area contributed by atoms with Gasteiger partial charge in [-0.15, -0.1) is 0 Å². The molecular weight excluding hydrogens is 271 g/mol. The molecule has 1 aliphatic heterocycles. The van der Waals surface area contributed by atoms with Crippen molar-refractivity contribution in [1.82, 2.24) is 0 Å². The molecule has 2 rings (SSSR count). The first-order valence-electron chi connectivity index (χ1n) is 5.74. The van der Waals surface area contributed by atoms with Crippen LogP contribution in [-0.4, -0.2) is 18.9 Å². The van der Waals surface area contributed by atoms with Gasteiger partial charge in [0, 0.05) is 0 Å². The fourth-order valence-electron chi connectivity index (χ4n) is 1.70. The zero-order valence-electron chi connectivity index (χ0n) is 9.90. The third kappa shape index (κ3) is 4.31. The smallest absolute Gasteiger partial charge is 0.310 e. The zero-order chi connectivity index (χ0) is 13.0. The van der Waals surface area contributed by atoms with Crippen molar-refractivity contribution < 1.29 is 13.8 Å². The molecule has 4 N–H and O–H groups in total. The molecule has 3 atom stereocenters. The van der Waals surface area contributed by atoms with Gasteiger partial charge in [0.25, 0.3) is 0 Å². The molecule has 3 unspecified atom stereocenters. The van der Waals surface area contributed by atoms with E-state index < -0.39 is 6.64 Å². The third-order valence-corrected chi connectivity index (χ3v) is 4.07. The number of hydrogen-bond acceptors (Lipinski definition) is 5. The standard InChI is InChI=1S/C11H17N2O3PS/c12-11-7-6-10(15-11)8-14-17(13,18)16-9-4-2-1-3-5-9/h1-5,10-11H,6-8,12H2,(H2,13,18). The summed E-state index contributed by atoms with van der Waals surface area (Å²) in [5, 5.41) is 0. The topological polar surface area (TPSA) is 79.7 Å². The van der Waals surface area contributed by atoms with Crippen LogP contribution in [0.1, 0.15) is 12.8 Å². The largest absolute Gasteiger partial charge is 0.433 e. The molecule has 0 bridgehead atoms. The first kappa shape index (κ1) is 13.9. The molecule has 1 aliphatic rings. The van der Waals surface area contributed by atoms with Crippen molar-refractivity contribution in [1.29, 1.82) is 0 Å². The molecule has 1 fully saturated rings. The quantitative estimate of drug-likeness (QED) is 0.803. The molecule has 1 aromatic rings. The number of nitrogens with two attached hydrogens (primary N) is 2. The number of hydrogen-bond donors (Lipinski definition) is 2. The Morgan fingerprint density at radius 1 is 1.33 bits per heavy atom. The minimum absolute atomic E-state index is 0.0368. The first-order valence-corrected chi connectivity index (χ1v) is 8.45. The van der Waals surface area contributed by atoms with E-state index in [4.69, 9.17) is 36.8 Å². The zero-order valence-corrected chi connectivity index (χ0v) is 11.6. The monoisotopic (exact) mass is 288 g/mol. The third-order valence-electron chi connectivity index (χ3n) is 2.56. The summed E-state index contributed by atoms with van der Waals surface area (Å²) in [5.41, 5.74) is 11.5. The summed E-state index contributed by atoms with van der Waals surface area (Å²) in [6.07, 6.45) is 1.46. The minimum Gasteiger partial charge on any atom is -0.433 e. The van der Waals surface area contributed by atoms with Crippen LogP contribution in [0.25, 0.3) is 0 Å². The predicted molar refractivity (Wildman–Crippen MR) is 73.6 cm³/mol. The van der Waals surface area contributed by atoms with Crippen molar-refractivity contribution in [2.24, 2.45) is 11.2 Å². The van der Waals surface area contributed by atoms with Crippen LogP contribution in [0.5, 0.6) is 5.75 Å². The van der Waals surface area contributed by atoms with Crippen molar-refractivity contribution in [3.8, 4) is 5.75 Å². The van der Waals surface area contributed by atoms with Gasteiger partial charge in [0.05, 0.1) is 12.7 Å². The Hall–Kier alpha value is -0.490. The normalized spacial score (nSPS) is 26.8. The SMILES string of the molecule is NC1CCC(COP(N)(=S)Oc2ccccc2)O1. The second-order valence-corrected chi connectivity index (χ2v) is 7.16.